The first kappa shape index (κ1) is 16.2. The van der Waals surface area contributed by atoms with Crippen molar-refractivity contribution in [3.8, 4) is 0 Å². The van der Waals surface area contributed by atoms with Crippen LogP contribution in [0, 0.1) is 0 Å². The fraction of sp³-hybridized carbons (Fsp3) is 0.318. The molecule has 3 aromatic rings. The molecule has 1 spiro atoms. The number of H-pyrrole nitrogens is 1. The number of hydrogen-bond acceptors (Lipinski definition) is 3. The quantitative estimate of drug-likeness (QED) is 0.762. The lowest BCUT2D eigenvalue weighted by molar-refractivity contribution is 0.0659. The van der Waals surface area contributed by atoms with E-state index in [1.165, 1.54) is 16.7 Å². The maximum Gasteiger partial charge on any atom is 0.270 e. The molecule has 0 bridgehead atoms. The van der Waals surface area contributed by atoms with Crippen LogP contribution >= 0.6 is 0 Å². The zero-order chi connectivity index (χ0) is 18.3. The predicted octanol–water partition coefficient (Wildman–Crippen LogP) is 3.51. The third-order valence-corrected chi connectivity index (χ3v) is 6.32. The van der Waals surface area contributed by atoms with E-state index in [1.807, 2.05) is 29.4 Å². The lowest BCUT2D eigenvalue weighted by atomic mass is 9.73. The van der Waals surface area contributed by atoms with Gasteiger partial charge < -0.3 is 9.88 Å². The number of fused-ring (bicyclic) bond motifs is 2. The first-order chi connectivity index (χ1) is 13.3. The number of rotatable bonds is 2. The highest BCUT2D eigenvalue weighted by Crippen LogP contribution is 2.53. The van der Waals surface area contributed by atoms with E-state index in [2.05, 4.69) is 39.2 Å². The Morgan fingerprint density at radius 1 is 1.07 bits per heavy atom. The summed E-state index contributed by atoms with van der Waals surface area (Å²) in [6, 6.07) is 12.5. The largest absolute Gasteiger partial charge is 0.357 e. The number of nitrogens with one attached hydrogen (secondary N) is 1. The molecule has 1 aliphatic carbocycles. The first-order valence-corrected chi connectivity index (χ1v) is 9.54. The van der Waals surface area contributed by atoms with Crippen LogP contribution < -0.4 is 0 Å². The average Bonchev–Trinajstić information content (AvgIpc) is 3.37. The Hall–Kier alpha value is -2.95. The number of piperidine rings is 1. The summed E-state index contributed by atoms with van der Waals surface area (Å²) in [5.74, 6) is 0.446. The number of hydrogen-bond donors (Lipinski definition) is 1. The van der Waals surface area contributed by atoms with E-state index in [-0.39, 0.29) is 11.3 Å². The van der Waals surface area contributed by atoms with Crippen molar-refractivity contribution in [3.05, 3.63) is 83.7 Å². The minimum Gasteiger partial charge on any atom is -0.357 e. The predicted molar refractivity (Wildman–Crippen MR) is 103 cm³/mol. The molecule has 0 unspecified atom stereocenters. The Morgan fingerprint density at radius 2 is 1.85 bits per heavy atom. The van der Waals surface area contributed by atoms with E-state index in [0.29, 0.717) is 11.6 Å². The van der Waals surface area contributed by atoms with E-state index in [1.54, 1.807) is 12.5 Å². The van der Waals surface area contributed by atoms with Crippen molar-refractivity contribution in [1.82, 2.24) is 19.9 Å². The van der Waals surface area contributed by atoms with Crippen molar-refractivity contribution in [1.29, 1.82) is 0 Å². The SMILES string of the molecule is O=C(c1ccc[nH]1)N1CCC2(CC1)C[C@H](c1cncnc1)c1ccccc12. The molecule has 0 radical (unpaired) electrons. The van der Waals surface area contributed by atoms with Gasteiger partial charge in [0.15, 0.2) is 0 Å². The molecule has 3 heterocycles. The Balaban J connectivity index is 1.42. The van der Waals surface area contributed by atoms with E-state index in [0.717, 1.165) is 32.4 Å². The molecule has 5 heteroatoms. The molecular weight excluding hydrogens is 336 g/mol. The summed E-state index contributed by atoms with van der Waals surface area (Å²) in [5.41, 5.74) is 4.86. The second kappa shape index (κ2) is 6.34. The molecule has 2 aliphatic rings. The third kappa shape index (κ3) is 2.65. The Morgan fingerprint density at radius 3 is 2.59 bits per heavy atom. The summed E-state index contributed by atoms with van der Waals surface area (Å²) in [4.78, 5) is 26.2. The zero-order valence-corrected chi connectivity index (χ0v) is 15.1. The lowest BCUT2D eigenvalue weighted by Crippen LogP contribution is -2.44. The van der Waals surface area contributed by atoms with E-state index in [9.17, 15) is 4.79 Å². The van der Waals surface area contributed by atoms with Crippen molar-refractivity contribution in [3.63, 3.8) is 0 Å². The molecule has 1 aromatic carbocycles. The van der Waals surface area contributed by atoms with Crippen molar-refractivity contribution in [2.45, 2.75) is 30.6 Å². The van der Waals surface area contributed by atoms with Crippen LogP contribution in [0.15, 0.2) is 61.3 Å². The Kier molecular flexibility index (Phi) is 3.81. The summed E-state index contributed by atoms with van der Waals surface area (Å²) in [5, 5.41) is 0. The first-order valence-electron chi connectivity index (χ1n) is 9.54. The molecule has 5 rings (SSSR count). The van der Waals surface area contributed by atoms with Gasteiger partial charge in [-0.25, -0.2) is 9.97 Å². The summed E-state index contributed by atoms with van der Waals surface area (Å²) >= 11 is 0. The fourth-order valence-corrected chi connectivity index (χ4v) is 4.93. The monoisotopic (exact) mass is 358 g/mol. The summed E-state index contributed by atoms with van der Waals surface area (Å²) < 4.78 is 0. The standard InChI is InChI=1S/C22H22N4O/c27-21(20-6-3-9-25-20)26-10-7-22(8-11-26)12-18(16-13-23-15-24-14-16)17-4-1-2-5-19(17)22/h1-6,9,13-15,18,25H,7-8,10-12H2/t18-/m1/s1. The van der Waals surface area contributed by atoms with Crippen LogP contribution in [0.3, 0.4) is 0 Å². The number of likely N-dealkylation sites (tertiary alicyclic amines) is 1. The van der Waals surface area contributed by atoms with Gasteiger partial charge in [0.2, 0.25) is 0 Å². The topological polar surface area (TPSA) is 61.9 Å². The molecule has 1 aliphatic heterocycles. The van der Waals surface area contributed by atoms with Crippen LogP contribution in [0.1, 0.15) is 52.4 Å². The minimum atomic E-state index is 0.106. The van der Waals surface area contributed by atoms with Gasteiger partial charge >= 0.3 is 0 Å². The van der Waals surface area contributed by atoms with E-state index >= 15 is 0 Å². The molecular formula is C22H22N4O. The highest BCUT2D eigenvalue weighted by molar-refractivity contribution is 5.92. The van der Waals surface area contributed by atoms with Gasteiger partial charge in [0.1, 0.15) is 12.0 Å². The van der Waals surface area contributed by atoms with Gasteiger partial charge in [0.25, 0.3) is 5.91 Å². The Labute approximate surface area is 158 Å². The van der Waals surface area contributed by atoms with Gasteiger partial charge in [-0.3, -0.25) is 4.79 Å². The maximum atomic E-state index is 12.7. The number of aromatic amines is 1. The van der Waals surface area contributed by atoms with Crippen molar-refractivity contribution < 1.29 is 4.79 Å². The van der Waals surface area contributed by atoms with Crippen molar-refractivity contribution in [2.24, 2.45) is 0 Å². The lowest BCUT2D eigenvalue weighted by Gasteiger charge is -2.40. The average molecular weight is 358 g/mol. The zero-order valence-electron chi connectivity index (χ0n) is 15.1. The van der Waals surface area contributed by atoms with Gasteiger partial charge in [0, 0.05) is 37.6 Å². The molecule has 1 fully saturated rings. The number of aromatic nitrogens is 3. The Bertz CT molecular complexity index is 943. The highest BCUT2D eigenvalue weighted by Gasteiger charge is 2.46. The number of carbonyl (C=O) groups is 1. The molecule has 1 N–H and O–H groups in total. The van der Waals surface area contributed by atoms with Crippen LogP contribution in [0.5, 0.6) is 0 Å². The maximum absolute atomic E-state index is 12.7. The molecule has 1 amide bonds. The summed E-state index contributed by atoms with van der Waals surface area (Å²) in [7, 11) is 0. The molecule has 0 saturated carbocycles. The van der Waals surface area contributed by atoms with Crippen LogP contribution in [0.2, 0.25) is 0 Å². The molecule has 136 valence electrons. The van der Waals surface area contributed by atoms with Gasteiger partial charge in [-0.15, -0.1) is 0 Å². The summed E-state index contributed by atoms with van der Waals surface area (Å²) in [6.45, 7) is 1.59. The molecule has 1 atom stereocenters. The van der Waals surface area contributed by atoms with Crippen LogP contribution in [0.25, 0.3) is 0 Å². The molecule has 1 saturated heterocycles. The third-order valence-electron chi connectivity index (χ3n) is 6.32. The second-order valence-corrected chi connectivity index (χ2v) is 7.67. The van der Waals surface area contributed by atoms with Gasteiger partial charge in [0.05, 0.1) is 0 Å². The van der Waals surface area contributed by atoms with E-state index in [4.69, 9.17) is 0 Å². The number of nitrogens with zero attached hydrogens (tertiary/aromatic N) is 3. The number of carbonyl (C=O) groups excluding carboxylic acids is 1. The normalized spacial score (nSPS) is 20.6. The second-order valence-electron chi connectivity index (χ2n) is 7.67. The van der Waals surface area contributed by atoms with Crippen LogP contribution in [-0.4, -0.2) is 38.8 Å². The van der Waals surface area contributed by atoms with Crippen LogP contribution in [-0.2, 0) is 5.41 Å². The molecule has 27 heavy (non-hydrogen) atoms. The minimum absolute atomic E-state index is 0.106. The van der Waals surface area contributed by atoms with Crippen molar-refractivity contribution in [2.75, 3.05) is 13.1 Å². The number of benzene rings is 1. The smallest absolute Gasteiger partial charge is 0.270 e. The highest BCUT2D eigenvalue weighted by atomic mass is 16.2. The van der Waals surface area contributed by atoms with Crippen molar-refractivity contribution >= 4 is 5.91 Å². The van der Waals surface area contributed by atoms with Gasteiger partial charge in [-0.05, 0) is 53.5 Å². The summed E-state index contributed by atoms with van der Waals surface area (Å²) in [6.07, 6.45) is 10.4. The van der Waals surface area contributed by atoms with Gasteiger partial charge in [-0.1, -0.05) is 24.3 Å². The van der Waals surface area contributed by atoms with E-state index < -0.39 is 0 Å². The van der Waals surface area contributed by atoms with Crippen LogP contribution in [0.4, 0.5) is 0 Å². The molecule has 5 nitrogen and oxygen atoms in total. The molecule has 2 aromatic heterocycles. The number of amides is 1. The fourth-order valence-electron chi connectivity index (χ4n) is 4.93. The van der Waals surface area contributed by atoms with Gasteiger partial charge in [-0.2, -0.15) is 0 Å².